The minimum atomic E-state index is -0.868. The first-order valence-corrected chi connectivity index (χ1v) is 12.8. The molecule has 200 valence electrons. The number of amides is 3. The molecule has 2 fully saturated rings. The maximum atomic E-state index is 13.9. The molecule has 1 spiro atoms. The van der Waals surface area contributed by atoms with Gasteiger partial charge >= 0.3 is 0 Å². The average molecular weight is 528 g/mol. The van der Waals surface area contributed by atoms with Gasteiger partial charge in [-0.1, -0.05) is 48.5 Å². The van der Waals surface area contributed by atoms with Gasteiger partial charge < -0.3 is 20.0 Å². The molecule has 3 amide bonds. The van der Waals surface area contributed by atoms with Gasteiger partial charge in [0.2, 0.25) is 5.91 Å². The van der Waals surface area contributed by atoms with Gasteiger partial charge in [-0.25, -0.2) is 0 Å². The molecular weight excluding hydrogens is 498 g/mol. The summed E-state index contributed by atoms with van der Waals surface area (Å²) in [5.74, 6) is -0.583. The van der Waals surface area contributed by atoms with Crippen molar-refractivity contribution >= 4 is 29.1 Å². The molecule has 2 heterocycles. The third-order valence-electron chi connectivity index (χ3n) is 7.45. The fraction of sp³-hybridized carbons (Fsp3) is 0.276. The number of hydrogen-bond donors (Lipinski definition) is 1. The standard InChI is InChI=1S/C29H29N5O5/c35-26(30-19-22-7-3-1-4-8-22)20-32-21-33(24-9-5-2-6-10-24)29(28(32)37)15-17-31(18-16-29)27(36)23-11-13-25(14-12-23)34(38)39/h1-14H,15-21H2,(H,30,35). The SMILES string of the molecule is O=C(CN1CN(c2ccccc2)C2(CCN(C(=O)c3ccc([N+](=O)[O-])cc3)CC2)C1=O)NCc1ccccc1. The second-order valence-corrected chi connectivity index (χ2v) is 9.80. The lowest BCUT2D eigenvalue weighted by molar-refractivity contribution is -0.384. The number of nitrogens with one attached hydrogen (secondary N) is 1. The number of benzene rings is 3. The van der Waals surface area contributed by atoms with Crippen molar-refractivity contribution in [3.8, 4) is 0 Å². The third kappa shape index (κ3) is 5.31. The van der Waals surface area contributed by atoms with Crippen LogP contribution >= 0.6 is 0 Å². The fourth-order valence-corrected chi connectivity index (χ4v) is 5.34. The number of hydrogen-bond acceptors (Lipinski definition) is 6. The van der Waals surface area contributed by atoms with E-state index in [2.05, 4.69) is 5.32 Å². The second kappa shape index (κ2) is 10.9. The molecular formula is C29H29N5O5. The van der Waals surface area contributed by atoms with Gasteiger partial charge in [0.25, 0.3) is 17.5 Å². The van der Waals surface area contributed by atoms with Gasteiger partial charge in [-0.05, 0) is 42.7 Å². The Morgan fingerprint density at radius 2 is 1.51 bits per heavy atom. The first-order chi connectivity index (χ1) is 18.9. The zero-order chi connectivity index (χ0) is 27.4. The monoisotopic (exact) mass is 527 g/mol. The molecule has 0 unspecified atom stereocenters. The van der Waals surface area contributed by atoms with Crippen molar-refractivity contribution in [2.45, 2.75) is 24.9 Å². The molecule has 3 aromatic carbocycles. The Hall–Kier alpha value is -4.73. The summed E-state index contributed by atoms with van der Waals surface area (Å²) >= 11 is 0. The van der Waals surface area contributed by atoms with E-state index in [9.17, 15) is 24.5 Å². The molecule has 3 aromatic rings. The molecule has 5 rings (SSSR count). The molecule has 0 radical (unpaired) electrons. The van der Waals surface area contributed by atoms with E-state index in [-0.39, 0.29) is 36.6 Å². The van der Waals surface area contributed by atoms with Crippen LogP contribution in [0.4, 0.5) is 11.4 Å². The van der Waals surface area contributed by atoms with Gasteiger partial charge in [-0.15, -0.1) is 0 Å². The zero-order valence-electron chi connectivity index (χ0n) is 21.4. The Balaban J connectivity index is 1.29. The van der Waals surface area contributed by atoms with Crippen LogP contribution in [0, 0.1) is 10.1 Å². The van der Waals surface area contributed by atoms with Crippen LogP contribution in [0.2, 0.25) is 0 Å². The lowest BCUT2D eigenvalue weighted by atomic mass is 9.85. The summed E-state index contributed by atoms with van der Waals surface area (Å²) in [6.07, 6.45) is 0.809. The average Bonchev–Trinajstić information content (AvgIpc) is 3.23. The van der Waals surface area contributed by atoms with E-state index < -0.39 is 10.5 Å². The van der Waals surface area contributed by atoms with E-state index in [1.807, 2.05) is 65.6 Å². The summed E-state index contributed by atoms with van der Waals surface area (Å²) in [6, 6.07) is 24.8. The maximum absolute atomic E-state index is 13.9. The lowest BCUT2D eigenvalue weighted by Crippen LogP contribution is -2.57. The second-order valence-electron chi connectivity index (χ2n) is 9.80. The van der Waals surface area contributed by atoms with E-state index in [4.69, 9.17) is 0 Å². The van der Waals surface area contributed by atoms with Crippen molar-refractivity contribution < 1.29 is 19.3 Å². The van der Waals surface area contributed by atoms with Crippen LogP contribution in [0.5, 0.6) is 0 Å². The van der Waals surface area contributed by atoms with Crippen LogP contribution in [0.1, 0.15) is 28.8 Å². The van der Waals surface area contributed by atoms with E-state index in [1.165, 1.54) is 24.3 Å². The van der Waals surface area contributed by atoms with Crippen LogP contribution in [0.3, 0.4) is 0 Å². The number of para-hydroxylation sites is 1. The van der Waals surface area contributed by atoms with Crippen molar-refractivity contribution in [1.82, 2.24) is 15.1 Å². The van der Waals surface area contributed by atoms with Crippen molar-refractivity contribution in [3.05, 3.63) is 106 Å². The molecule has 2 aliphatic heterocycles. The predicted octanol–water partition coefficient (Wildman–Crippen LogP) is 3.19. The summed E-state index contributed by atoms with van der Waals surface area (Å²) in [5.41, 5.74) is 1.28. The zero-order valence-corrected chi connectivity index (χ0v) is 21.4. The largest absolute Gasteiger partial charge is 0.350 e. The molecule has 0 atom stereocenters. The van der Waals surface area contributed by atoms with Crippen LogP contribution in [0.25, 0.3) is 0 Å². The highest BCUT2D eigenvalue weighted by molar-refractivity contribution is 5.97. The highest BCUT2D eigenvalue weighted by atomic mass is 16.6. The number of non-ortho nitro benzene ring substituents is 1. The number of anilines is 1. The van der Waals surface area contributed by atoms with Crippen molar-refractivity contribution in [1.29, 1.82) is 0 Å². The number of nitro benzene ring substituents is 1. The van der Waals surface area contributed by atoms with Crippen LogP contribution in [-0.4, -0.2) is 64.3 Å². The highest BCUT2D eigenvalue weighted by Crippen LogP contribution is 2.39. The quantitative estimate of drug-likeness (QED) is 0.373. The first kappa shape index (κ1) is 25.9. The van der Waals surface area contributed by atoms with Crippen molar-refractivity contribution in [3.63, 3.8) is 0 Å². The molecule has 0 aromatic heterocycles. The van der Waals surface area contributed by atoms with Crippen LogP contribution in [-0.2, 0) is 16.1 Å². The number of carbonyl (C=O) groups is 3. The normalized spacial score (nSPS) is 16.4. The third-order valence-corrected chi connectivity index (χ3v) is 7.45. The van der Waals surface area contributed by atoms with E-state index >= 15 is 0 Å². The minimum absolute atomic E-state index is 0.0534. The van der Waals surface area contributed by atoms with E-state index in [0.717, 1.165) is 11.3 Å². The van der Waals surface area contributed by atoms with Gasteiger partial charge in [0.1, 0.15) is 12.1 Å². The maximum Gasteiger partial charge on any atom is 0.269 e. The molecule has 10 nitrogen and oxygen atoms in total. The van der Waals surface area contributed by atoms with Gasteiger partial charge in [0.05, 0.1) is 11.6 Å². The lowest BCUT2D eigenvalue weighted by Gasteiger charge is -2.43. The number of nitrogens with zero attached hydrogens (tertiary/aromatic N) is 4. The molecule has 0 bridgehead atoms. The summed E-state index contributed by atoms with van der Waals surface area (Å²) < 4.78 is 0. The molecule has 39 heavy (non-hydrogen) atoms. The minimum Gasteiger partial charge on any atom is -0.350 e. The Bertz CT molecular complexity index is 1360. The van der Waals surface area contributed by atoms with Crippen molar-refractivity contribution in [2.24, 2.45) is 0 Å². The molecule has 10 heteroatoms. The number of rotatable bonds is 7. The fourth-order valence-electron chi connectivity index (χ4n) is 5.34. The molecule has 0 aliphatic carbocycles. The smallest absolute Gasteiger partial charge is 0.269 e. The Kier molecular flexibility index (Phi) is 7.27. The topological polar surface area (TPSA) is 116 Å². The first-order valence-electron chi connectivity index (χ1n) is 12.8. The Morgan fingerprint density at radius 3 is 2.13 bits per heavy atom. The Morgan fingerprint density at radius 1 is 0.897 bits per heavy atom. The summed E-state index contributed by atoms with van der Waals surface area (Å²) in [7, 11) is 0. The molecule has 2 aliphatic rings. The predicted molar refractivity (Wildman–Crippen MR) is 145 cm³/mol. The van der Waals surface area contributed by atoms with Crippen molar-refractivity contribution in [2.75, 3.05) is 31.2 Å². The number of likely N-dealkylation sites (tertiary alicyclic amines) is 1. The van der Waals surface area contributed by atoms with E-state index in [0.29, 0.717) is 38.0 Å². The summed E-state index contributed by atoms with van der Waals surface area (Å²) in [6.45, 7) is 1.30. The summed E-state index contributed by atoms with van der Waals surface area (Å²) in [4.78, 5) is 55.5. The van der Waals surface area contributed by atoms with Crippen LogP contribution < -0.4 is 10.2 Å². The Labute approximate surface area is 226 Å². The number of carbonyl (C=O) groups excluding carboxylic acids is 3. The molecule has 2 saturated heterocycles. The van der Waals surface area contributed by atoms with Gasteiger partial charge in [0.15, 0.2) is 0 Å². The number of piperidine rings is 1. The summed E-state index contributed by atoms with van der Waals surface area (Å²) in [5, 5.41) is 13.8. The van der Waals surface area contributed by atoms with Gasteiger partial charge in [-0.2, -0.15) is 0 Å². The van der Waals surface area contributed by atoms with Crippen LogP contribution in [0.15, 0.2) is 84.9 Å². The molecule has 1 N–H and O–H groups in total. The van der Waals surface area contributed by atoms with E-state index in [1.54, 1.807) is 9.80 Å². The highest BCUT2D eigenvalue weighted by Gasteiger charge is 2.54. The molecule has 0 saturated carbocycles. The number of nitro groups is 1. The van der Waals surface area contributed by atoms with Gasteiger partial charge in [-0.3, -0.25) is 24.5 Å². The van der Waals surface area contributed by atoms with Gasteiger partial charge in [0, 0.05) is 43.0 Å².